The first-order valence-corrected chi connectivity index (χ1v) is 6.60. The molecule has 0 spiro atoms. The number of alkyl halides is 1. The van der Waals surface area contributed by atoms with Crippen LogP contribution in [-0.2, 0) is 6.42 Å². The van der Waals surface area contributed by atoms with Gasteiger partial charge in [0, 0.05) is 19.0 Å². The Balaban J connectivity index is 2.13. The van der Waals surface area contributed by atoms with Crippen molar-refractivity contribution < 1.29 is 4.39 Å². The Morgan fingerprint density at radius 2 is 2.35 bits per heavy atom. The van der Waals surface area contributed by atoms with Gasteiger partial charge in [-0.15, -0.1) is 11.6 Å². The van der Waals surface area contributed by atoms with Crippen molar-refractivity contribution in [3.8, 4) is 0 Å². The number of aromatic nitrogens is 2. The summed E-state index contributed by atoms with van der Waals surface area (Å²) in [6.07, 6.45) is 4.11. The Kier molecular flexibility index (Phi) is 4.15. The molecule has 0 aliphatic carbocycles. The highest BCUT2D eigenvalue weighted by molar-refractivity contribution is 6.17. The molecule has 1 unspecified atom stereocenters. The van der Waals surface area contributed by atoms with E-state index in [9.17, 15) is 4.39 Å². The van der Waals surface area contributed by atoms with Gasteiger partial charge in [0.15, 0.2) is 11.6 Å². The van der Waals surface area contributed by atoms with Gasteiger partial charge in [-0.2, -0.15) is 0 Å². The van der Waals surface area contributed by atoms with Gasteiger partial charge in [0.05, 0.1) is 5.69 Å². The number of anilines is 1. The van der Waals surface area contributed by atoms with Crippen molar-refractivity contribution in [2.75, 3.05) is 23.9 Å². The van der Waals surface area contributed by atoms with E-state index in [1.54, 1.807) is 0 Å². The molecule has 0 amide bonds. The van der Waals surface area contributed by atoms with Crippen LogP contribution in [0.3, 0.4) is 0 Å². The van der Waals surface area contributed by atoms with Gasteiger partial charge in [0.1, 0.15) is 6.33 Å². The summed E-state index contributed by atoms with van der Waals surface area (Å²) >= 11 is 5.74. The first kappa shape index (κ1) is 12.6. The molecule has 1 fully saturated rings. The molecule has 17 heavy (non-hydrogen) atoms. The van der Waals surface area contributed by atoms with Crippen LogP contribution in [0.15, 0.2) is 6.33 Å². The van der Waals surface area contributed by atoms with Crippen molar-refractivity contribution in [3.63, 3.8) is 0 Å². The van der Waals surface area contributed by atoms with E-state index in [0.717, 1.165) is 25.9 Å². The number of hydrogen-bond acceptors (Lipinski definition) is 3. The van der Waals surface area contributed by atoms with Gasteiger partial charge in [-0.05, 0) is 25.2 Å². The average Bonchev–Trinajstić information content (AvgIpc) is 2.78. The summed E-state index contributed by atoms with van der Waals surface area (Å²) in [4.78, 5) is 10.0. The molecule has 5 heteroatoms. The summed E-state index contributed by atoms with van der Waals surface area (Å²) < 4.78 is 14.0. The highest BCUT2D eigenvalue weighted by Crippen LogP contribution is 2.27. The minimum atomic E-state index is -0.262. The first-order chi connectivity index (χ1) is 8.26. The Morgan fingerprint density at radius 1 is 1.53 bits per heavy atom. The number of hydrogen-bond donors (Lipinski definition) is 0. The average molecular weight is 258 g/mol. The van der Waals surface area contributed by atoms with Crippen LogP contribution < -0.4 is 4.90 Å². The van der Waals surface area contributed by atoms with E-state index in [0.29, 0.717) is 29.7 Å². The third-order valence-electron chi connectivity index (χ3n) is 3.28. The maximum absolute atomic E-state index is 14.0. The maximum atomic E-state index is 14.0. The van der Waals surface area contributed by atoms with Crippen molar-refractivity contribution in [3.05, 3.63) is 17.8 Å². The van der Waals surface area contributed by atoms with Crippen molar-refractivity contribution in [1.29, 1.82) is 0 Å². The largest absolute Gasteiger partial charge is 0.354 e. The third kappa shape index (κ3) is 2.68. The number of halogens is 2. The number of aryl methyl sites for hydroxylation is 1. The fourth-order valence-corrected chi connectivity index (χ4v) is 2.59. The summed E-state index contributed by atoms with van der Waals surface area (Å²) in [6, 6.07) is 0. The van der Waals surface area contributed by atoms with Crippen LogP contribution in [0.2, 0.25) is 0 Å². The molecule has 94 valence electrons. The zero-order valence-corrected chi connectivity index (χ0v) is 10.8. The van der Waals surface area contributed by atoms with Crippen LogP contribution in [0.4, 0.5) is 10.2 Å². The van der Waals surface area contributed by atoms with E-state index in [1.165, 1.54) is 6.33 Å². The lowest BCUT2D eigenvalue weighted by molar-refractivity contribution is 0.565. The minimum absolute atomic E-state index is 0.262. The monoisotopic (exact) mass is 257 g/mol. The van der Waals surface area contributed by atoms with Gasteiger partial charge in [-0.25, -0.2) is 14.4 Å². The maximum Gasteiger partial charge on any atom is 0.187 e. The molecule has 1 aliphatic heterocycles. The van der Waals surface area contributed by atoms with Crippen molar-refractivity contribution in [2.24, 2.45) is 5.92 Å². The van der Waals surface area contributed by atoms with Crippen LogP contribution in [0.5, 0.6) is 0 Å². The number of nitrogens with zero attached hydrogens (tertiary/aromatic N) is 3. The highest BCUT2D eigenvalue weighted by atomic mass is 35.5. The van der Waals surface area contributed by atoms with Gasteiger partial charge in [-0.1, -0.05) is 6.92 Å². The minimum Gasteiger partial charge on any atom is -0.354 e. The molecule has 1 saturated heterocycles. The molecule has 0 aromatic carbocycles. The predicted octanol–water partition coefficient (Wildman–Crippen LogP) is 2.63. The van der Waals surface area contributed by atoms with Crippen LogP contribution in [0.1, 0.15) is 25.5 Å². The van der Waals surface area contributed by atoms with E-state index >= 15 is 0 Å². The quantitative estimate of drug-likeness (QED) is 0.777. The Labute approximate surface area is 106 Å². The topological polar surface area (TPSA) is 29.0 Å². The molecule has 3 nitrogen and oxygen atoms in total. The lowest BCUT2D eigenvalue weighted by atomic mass is 10.1. The Bertz CT molecular complexity index is 386. The second-order valence-electron chi connectivity index (χ2n) is 4.39. The summed E-state index contributed by atoms with van der Waals surface area (Å²) in [6.45, 7) is 3.61. The summed E-state index contributed by atoms with van der Waals surface area (Å²) in [7, 11) is 0. The SMILES string of the molecule is CCc1ncnc(N2CCC(CCCl)C2)c1F. The van der Waals surface area contributed by atoms with Gasteiger partial charge in [0.25, 0.3) is 0 Å². The van der Waals surface area contributed by atoms with Crippen LogP contribution in [-0.4, -0.2) is 28.9 Å². The van der Waals surface area contributed by atoms with Crippen LogP contribution >= 0.6 is 11.6 Å². The molecule has 0 saturated carbocycles. The lowest BCUT2D eigenvalue weighted by Gasteiger charge is -2.18. The van der Waals surface area contributed by atoms with Crippen molar-refractivity contribution in [1.82, 2.24) is 9.97 Å². The summed E-state index contributed by atoms with van der Waals surface area (Å²) in [5, 5.41) is 0. The zero-order chi connectivity index (χ0) is 12.3. The van der Waals surface area contributed by atoms with Crippen LogP contribution in [0, 0.1) is 11.7 Å². The van der Waals surface area contributed by atoms with E-state index in [-0.39, 0.29) is 5.82 Å². The Hall–Kier alpha value is -0.900. The van der Waals surface area contributed by atoms with Crippen molar-refractivity contribution >= 4 is 17.4 Å². The molecule has 0 radical (unpaired) electrons. The normalized spacial score (nSPS) is 19.9. The van der Waals surface area contributed by atoms with Crippen LogP contribution in [0.25, 0.3) is 0 Å². The highest BCUT2D eigenvalue weighted by Gasteiger charge is 2.25. The molecule has 2 heterocycles. The molecular formula is C12H17ClFN3. The summed E-state index contributed by atoms with van der Waals surface area (Å²) in [5.74, 6) is 1.42. The second kappa shape index (κ2) is 5.63. The summed E-state index contributed by atoms with van der Waals surface area (Å²) in [5.41, 5.74) is 0.496. The lowest BCUT2D eigenvalue weighted by Crippen LogP contribution is -2.23. The van der Waals surface area contributed by atoms with Gasteiger partial charge in [0.2, 0.25) is 0 Å². The first-order valence-electron chi connectivity index (χ1n) is 6.06. The van der Waals surface area contributed by atoms with E-state index in [2.05, 4.69) is 9.97 Å². The molecule has 0 N–H and O–H groups in total. The third-order valence-corrected chi connectivity index (χ3v) is 3.50. The van der Waals surface area contributed by atoms with Gasteiger partial charge < -0.3 is 4.90 Å². The Morgan fingerprint density at radius 3 is 3.06 bits per heavy atom. The van der Waals surface area contributed by atoms with Crippen molar-refractivity contribution in [2.45, 2.75) is 26.2 Å². The molecule has 1 aromatic rings. The smallest absolute Gasteiger partial charge is 0.187 e. The molecular weight excluding hydrogens is 241 g/mol. The van der Waals surface area contributed by atoms with E-state index in [4.69, 9.17) is 11.6 Å². The predicted molar refractivity (Wildman–Crippen MR) is 67.0 cm³/mol. The molecule has 0 bridgehead atoms. The molecule has 2 rings (SSSR count). The van der Waals surface area contributed by atoms with Gasteiger partial charge >= 0.3 is 0 Å². The van der Waals surface area contributed by atoms with E-state index < -0.39 is 0 Å². The fourth-order valence-electron chi connectivity index (χ4n) is 2.28. The molecule has 1 atom stereocenters. The fraction of sp³-hybridized carbons (Fsp3) is 0.667. The number of rotatable bonds is 4. The molecule has 1 aromatic heterocycles. The molecule has 1 aliphatic rings. The standard InChI is InChI=1S/C12H17ClFN3/c1-2-10-11(14)12(16-8-15-10)17-6-4-9(7-17)3-5-13/h8-9H,2-7H2,1H3. The van der Waals surface area contributed by atoms with E-state index in [1.807, 2.05) is 11.8 Å². The zero-order valence-electron chi connectivity index (χ0n) is 9.99. The van der Waals surface area contributed by atoms with Gasteiger partial charge in [-0.3, -0.25) is 0 Å². The second-order valence-corrected chi connectivity index (χ2v) is 4.77.